The maximum atomic E-state index is 12.6. The van der Waals surface area contributed by atoms with Gasteiger partial charge in [0.25, 0.3) is 5.91 Å². The van der Waals surface area contributed by atoms with Crippen molar-refractivity contribution in [2.45, 2.75) is 39.2 Å². The Labute approximate surface area is 185 Å². The van der Waals surface area contributed by atoms with Crippen LogP contribution in [0.25, 0.3) is 0 Å². The smallest absolute Gasteiger partial charge is 0.253 e. The average Bonchev–Trinajstić information content (AvgIpc) is 2.83. The highest BCUT2D eigenvalue weighted by Gasteiger charge is 2.17. The van der Waals surface area contributed by atoms with Crippen LogP contribution >= 0.6 is 0 Å². The number of piperidine rings is 1. The minimum Gasteiger partial charge on any atom is -0.494 e. The van der Waals surface area contributed by atoms with Crippen LogP contribution in [0.15, 0.2) is 59.6 Å². The molecular formula is C25H34N4O2. The van der Waals surface area contributed by atoms with Gasteiger partial charge in [-0.1, -0.05) is 30.3 Å². The lowest BCUT2D eigenvalue weighted by Gasteiger charge is -2.26. The molecule has 0 aromatic heterocycles. The molecule has 3 rings (SSSR count). The molecule has 0 radical (unpaired) electrons. The highest BCUT2D eigenvalue weighted by molar-refractivity contribution is 5.94. The third-order valence-electron chi connectivity index (χ3n) is 5.23. The van der Waals surface area contributed by atoms with E-state index in [0.717, 1.165) is 68.3 Å². The zero-order valence-corrected chi connectivity index (χ0v) is 18.5. The Hall–Kier alpha value is -3.02. The molecule has 2 N–H and O–H groups in total. The first-order valence-electron chi connectivity index (χ1n) is 11.3. The molecule has 1 heterocycles. The average molecular weight is 423 g/mol. The van der Waals surface area contributed by atoms with Gasteiger partial charge in [-0.3, -0.25) is 4.79 Å². The summed E-state index contributed by atoms with van der Waals surface area (Å²) in [4.78, 5) is 19.2. The number of guanidine groups is 1. The summed E-state index contributed by atoms with van der Waals surface area (Å²) >= 11 is 0. The van der Waals surface area contributed by atoms with Gasteiger partial charge in [0.2, 0.25) is 0 Å². The van der Waals surface area contributed by atoms with E-state index in [4.69, 9.17) is 4.74 Å². The zero-order valence-electron chi connectivity index (χ0n) is 18.5. The van der Waals surface area contributed by atoms with Crippen LogP contribution in [0.5, 0.6) is 5.75 Å². The van der Waals surface area contributed by atoms with E-state index in [0.29, 0.717) is 13.2 Å². The molecule has 0 aliphatic carbocycles. The number of para-hydroxylation sites is 1. The largest absolute Gasteiger partial charge is 0.494 e. The Morgan fingerprint density at radius 3 is 2.45 bits per heavy atom. The maximum Gasteiger partial charge on any atom is 0.253 e. The van der Waals surface area contributed by atoms with Crippen LogP contribution in [0.4, 0.5) is 0 Å². The quantitative estimate of drug-likeness (QED) is 0.366. The molecule has 31 heavy (non-hydrogen) atoms. The number of amides is 1. The summed E-state index contributed by atoms with van der Waals surface area (Å²) in [7, 11) is 0. The van der Waals surface area contributed by atoms with Gasteiger partial charge in [-0.2, -0.15) is 0 Å². The van der Waals surface area contributed by atoms with Crippen LogP contribution in [0.1, 0.15) is 48.5 Å². The van der Waals surface area contributed by atoms with Gasteiger partial charge in [-0.05, 0) is 62.4 Å². The first-order chi connectivity index (χ1) is 15.3. The number of carbonyl (C=O) groups is 1. The van der Waals surface area contributed by atoms with Crippen molar-refractivity contribution >= 4 is 11.9 Å². The first kappa shape index (κ1) is 22.7. The Morgan fingerprint density at radius 2 is 1.74 bits per heavy atom. The van der Waals surface area contributed by atoms with Gasteiger partial charge in [0, 0.05) is 31.7 Å². The Morgan fingerprint density at radius 1 is 1.00 bits per heavy atom. The van der Waals surface area contributed by atoms with Crippen molar-refractivity contribution in [2.75, 3.05) is 32.8 Å². The number of hydrogen-bond donors (Lipinski definition) is 2. The van der Waals surface area contributed by atoms with Gasteiger partial charge in [-0.15, -0.1) is 0 Å². The Balaban J connectivity index is 1.44. The maximum absolute atomic E-state index is 12.6. The van der Waals surface area contributed by atoms with Crippen molar-refractivity contribution < 1.29 is 9.53 Å². The zero-order chi connectivity index (χ0) is 21.7. The number of carbonyl (C=O) groups excluding carboxylic acids is 1. The van der Waals surface area contributed by atoms with E-state index in [2.05, 4.69) is 22.5 Å². The summed E-state index contributed by atoms with van der Waals surface area (Å²) in [6, 6.07) is 17.7. The lowest BCUT2D eigenvalue weighted by Crippen LogP contribution is -2.38. The number of benzene rings is 2. The lowest BCUT2D eigenvalue weighted by molar-refractivity contribution is 0.0724. The van der Waals surface area contributed by atoms with E-state index in [-0.39, 0.29) is 5.91 Å². The van der Waals surface area contributed by atoms with Gasteiger partial charge >= 0.3 is 0 Å². The fourth-order valence-corrected chi connectivity index (χ4v) is 3.53. The summed E-state index contributed by atoms with van der Waals surface area (Å²) < 4.78 is 5.72. The molecule has 6 nitrogen and oxygen atoms in total. The summed E-state index contributed by atoms with van der Waals surface area (Å²) in [6.07, 6.45) is 4.32. The number of likely N-dealkylation sites (tertiary alicyclic amines) is 1. The Kier molecular flexibility index (Phi) is 9.23. The van der Waals surface area contributed by atoms with E-state index in [9.17, 15) is 4.79 Å². The van der Waals surface area contributed by atoms with Crippen LogP contribution < -0.4 is 15.4 Å². The molecule has 1 amide bonds. The van der Waals surface area contributed by atoms with Gasteiger partial charge in [0.15, 0.2) is 5.96 Å². The minimum absolute atomic E-state index is 0.141. The molecule has 1 fully saturated rings. The molecule has 0 unspecified atom stereocenters. The van der Waals surface area contributed by atoms with E-state index in [1.807, 2.05) is 59.5 Å². The molecule has 6 heteroatoms. The van der Waals surface area contributed by atoms with Crippen molar-refractivity contribution in [3.05, 3.63) is 65.7 Å². The molecule has 1 aliphatic heterocycles. The topological polar surface area (TPSA) is 66.0 Å². The SMILES string of the molecule is CCNC(=NCc1ccc(C(=O)N2CCCCC2)cc1)NCCCOc1ccccc1. The number of ether oxygens (including phenoxy) is 1. The fourth-order valence-electron chi connectivity index (χ4n) is 3.53. The molecule has 0 spiro atoms. The molecule has 2 aromatic carbocycles. The summed E-state index contributed by atoms with van der Waals surface area (Å²) in [5, 5.41) is 6.62. The molecule has 0 bridgehead atoms. The van der Waals surface area contributed by atoms with Crippen molar-refractivity contribution in [1.29, 1.82) is 0 Å². The lowest BCUT2D eigenvalue weighted by atomic mass is 10.1. The van der Waals surface area contributed by atoms with E-state index in [1.54, 1.807) is 0 Å². The van der Waals surface area contributed by atoms with Crippen molar-refractivity contribution in [3.8, 4) is 5.75 Å². The van der Waals surface area contributed by atoms with Gasteiger partial charge in [0.1, 0.15) is 5.75 Å². The Bertz CT molecular complexity index is 815. The number of nitrogens with zero attached hydrogens (tertiary/aromatic N) is 2. The molecule has 1 saturated heterocycles. The predicted octanol–water partition coefficient (Wildman–Crippen LogP) is 3.84. The molecular weight excluding hydrogens is 388 g/mol. The second kappa shape index (κ2) is 12.6. The number of nitrogens with one attached hydrogen (secondary N) is 2. The third kappa shape index (κ3) is 7.63. The van der Waals surface area contributed by atoms with Gasteiger partial charge < -0.3 is 20.3 Å². The molecule has 166 valence electrons. The number of aliphatic imine (C=N–C) groups is 1. The third-order valence-corrected chi connectivity index (χ3v) is 5.23. The minimum atomic E-state index is 0.141. The normalized spacial score (nSPS) is 14.2. The molecule has 2 aromatic rings. The van der Waals surface area contributed by atoms with Crippen molar-refractivity contribution in [3.63, 3.8) is 0 Å². The van der Waals surface area contributed by atoms with Crippen LogP contribution in [0.3, 0.4) is 0 Å². The highest BCUT2D eigenvalue weighted by atomic mass is 16.5. The monoisotopic (exact) mass is 422 g/mol. The molecule has 0 saturated carbocycles. The summed E-state index contributed by atoms with van der Waals surface area (Å²) in [5.41, 5.74) is 1.85. The highest BCUT2D eigenvalue weighted by Crippen LogP contribution is 2.14. The standard InChI is InChI=1S/C25H34N4O2/c1-2-26-25(27-16-9-19-31-23-10-5-3-6-11-23)28-20-21-12-14-22(15-13-21)24(30)29-17-7-4-8-18-29/h3,5-6,10-15H,2,4,7-9,16-20H2,1H3,(H2,26,27,28). The summed E-state index contributed by atoms with van der Waals surface area (Å²) in [6.45, 7) is 6.60. The second-order valence-corrected chi connectivity index (χ2v) is 7.69. The van der Waals surface area contributed by atoms with Crippen LogP contribution in [-0.4, -0.2) is 49.6 Å². The van der Waals surface area contributed by atoms with Gasteiger partial charge in [-0.25, -0.2) is 4.99 Å². The van der Waals surface area contributed by atoms with Crippen molar-refractivity contribution in [1.82, 2.24) is 15.5 Å². The fraction of sp³-hybridized carbons (Fsp3) is 0.440. The predicted molar refractivity (Wildman–Crippen MR) is 126 cm³/mol. The number of hydrogen-bond acceptors (Lipinski definition) is 3. The number of rotatable bonds is 9. The van der Waals surface area contributed by atoms with Crippen molar-refractivity contribution in [2.24, 2.45) is 4.99 Å². The van der Waals surface area contributed by atoms with E-state index < -0.39 is 0 Å². The van der Waals surface area contributed by atoms with E-state index >= 15 is 0 Å². The van der Waals surface area contributed by atoms with Crippen LogP contribution in [0.2, 0.25) is 0 Å². The second-order valence-electron chi connectivity index (χ2n) is 7.69. The van der Waals surface area contributed by atoms with Gasteiger partial charge in [0.05, 0.1) is 13.2 Å². The first-order valence-corrected chi connectivity index (χ1v) is 11.3. The van der Waals surface area contributed by atoms with Crippen LogP contribution in [-0.2, 0) is 6.54 Å². The van der Waals surface area contributed by atoms with Crippen LogP contribution in [0, 0.1) is 0 Å². The van der Waals surface area contributed by atoms with E-state index in [1.165, 1.54) is 6.42 Å². The molecule has 1 aliphatic rings. The molecule has 0 atom stereocenters. The summed E-state index contributed by atoms with van der Waals surface area (Å²) in [5.74, 6) is 1.82.